The van der Waals surface area contributed by atoms with Crippen LogP contribution >= 0.6 is 23.2 Å². The zero-order valence-electron chi connectivity index (χ0n) is 9.07. The van der Waals surface area contributed by atoms with Gasteiger partial charge in [0.05, 0.1) is 12.0 Å². The monoisotopic (exact) mass is 265 g/mol. The molecule has 1 amide bonds. The van der Waals surface area contributed by atoms with Gasteiger partial charge in [0.1, 0.15) is 0 Å². The Morgan fingerprint density at radius 2 is 2.31 bits per heavy atom. The maximum absolute atomic E-state index is 11.8. The number of halogens is 2. The van der Waals surface area contributed by atoms with E-state index in [9.17, 15) is 4.79 Å². The fraction of sp³-hybridized carbons (Fsp3) is 0.500. The summed E-state index contributed by atoms with van der Waals surface area (Å²) in [4.78, 5) is 13.2. The third-order valence-corrected chi connectivity index (χ3v) is 2.42. The number of furan rings is 1. The first-order chi connectivity index (χ1) is 7.54. The van der Waals surface area contributed by atoms with Gasteiger partial charge in [0, 0.05) is 20.7 Å². The molecular formula is C10H13Cl2NO3. The van der Waals surface area contributed by atoms with Crippen molar-refractivity contribution >= 4 is 29.1 Å². The molecule has 0 bridgehead atoms. The predicted molar refractivity (Wildman–Crippen MR) is 62.2 cm³/mol. The summed E-state index contributed by atoms with van der Waals surface area (Å²) >= 11 is 11.5. The zero-order valence-corrected chi connectivity index (χ0v) is 10.6. The Balaban J connectivity index is 2.54. The molecule has 0 aromatic carbocycles. The van der Waals surface area contributed by atoms with Crippen molar-refractivity contribution in [2.24, 2.45) is 0 Å². The standard InChI is InChI=1S/C10H13Cl2NO3/c1-13(5-7(11)6-15-2)10(14)8-3-4-9(12)16-8/h3-4,7H,5-6H2,1-2H3. The van der Waals surface area contributed by atoms with Crippen molar-refractivity contribution in [2.45, 2.75) is 5.38 Å². The van der Waals surface area contributed by atoms with Crippen molar-refractivity contribution < 1.29 is 13.9 Å². The van der Waals surface area contributed by atoms with Gasteiger partial charge in [-0.05, 0) is 23.7 Å². The van der Waals surface area contributed by atoms with Gasteiger partial charge < -0.3 is 14.1 Å². The first kappa shape index (κ1) is 13.4. The van der Waals surface area contributed by atoms with Crippen LogP contribution in [-0.4, -0.2) is 43.5 Å². The number of amides is 1. The van der Waals surface area contributed by atoms with Gasteiger partial charge in [-0.2, -0.15) is 0 Å². The van der Waals surface area contributed by atoms with E-state index in [-0.39, 0.29) is 22.3 Å². The minimum absolute atomic E-state index is 0.191. The topological polar surface area (TPSA) is 42.7 Å². The average Bonchev–Trinajstić information content (AvgIpc) is 2.64. The third kappa shape index (κ3) is 3.70. The highest BCUT2D eigenvalue weighted by Crippen LogP contribution is 2.15. The van der Waals surface area contributed by atoms with E-state index in [0.717, 1.165) is 0 Å². The summed E-state index contributed by atoms with van der Waals surface area (Å²) in [6.45, 7) is 0.768. The van der Waals surface area contributed by atoms with Crippen molar-refractivity contribution in [1.82, 2.24) is 4.90 Å². The van der Waals surface area contributed by atoms with Crippen LogP contribution in [-0.2, 0) is 4.74 Å². The maximum Gasteiger partial charge on any atom is 0.289 e. The van der Waals surface area contributed by atoms with Crippen LogP contribution in [0.3, 0.4) is 0 Å². The first-order valence-electron chi connectivity index (χ1n) is 4.68. The Hall–Kier alpha value is -0.710. The second-order valence-corrected chi connectivity index (χ2v) is 4.33. The van der Waals surface area contributed by atoms with Crippen LogP contribution in [0.2, 0.25) is 5.22 Å². The third-order valence-electron chi connectivity index (χ3n) is 1.95. The second-order valence-electron chi connectivity index (χ2n) is 3.34. The molecule has 0 aliphatic rings. The summed E-state index contributed by atoms with van der Waals surface area (Å²) in [6, 6.07) is 3.05. The highest BCUT2D eigenvalue weighted by atomic mass is 35.5. The smallest absolute Gasteiger partial charge is 0.289 e. The van der Waals surface area contributed by atoms with Crippen LogP contribution in [0.5, 0.6) is 0 Å². The van der Waals surface area contributed by atoms with E-state index in [1.165, 1.54) is 17.0 Å². The number of methoxy groups -OCH3 is 1. The molecule has 1 unspecified atom stereocenters. The van der Waals surface area contributed by atoms with Crippen LogP contribution in [0.1, 0.15) is 10.6 Å². The molecule has 0 radical (unpaired) electrons. The zero-order chi connectivity index (χ0) is 12.1. The molecule has 0 fully saturated rings. The summed E-state index contributed by atoms with van der Waals surface area (Å²) in [5, 5.41) is -0.0551. The van der Waals surface area contributed by atoms with E-state index in [2.05, 4.69) is 0 Å². The fourth-order valence-corrected chi connectivity index (χ4v) is 1.71. The highest BCUT2D eigenvalue weighted by Gasteiger charge is 2.18. The van der Waals surface area contributed by atoms with Crippen LogP contribution < -0.4 is 0 Å². The molecule has 1 aromatic heterocycles. The minimum atomic E-state index is -0.256. The highest BCUT2D eigenvalue weighted by molar-refractivity contribution is 6.29. The molecule has 4 nitrogen and oxygen atoms in total. The lowest BCUT2D eigenvalue weighted by Crippen LogP contribution is -2.33. The van der Waals surface area contributed by atoms with Gasteiger partial charge in [0.2, 0.25) is 0 Å². The van der Waals surface area contributed by atoms with Crippen molar-refractivity contribution in [1.29, 1.82) is 0 Å². The Bertz CT molecular complexity index is 354. The fourth-order valence-electron chi connectivity index (χ4n) is 1.23. The molecule has 1 atom stereocenters. The maximum atomic E-state index is 11.8. The number of nitrogens with zero attached hydrogens (tertiary/aromatic N) is 1. The Labute approximate surface area is 104 Å². The summed E-state index contributed by atoms with van der Waals surface area (Å²) in [6.07, 6.45) is 0. The minimum Gasteiger partial charge on any atom is -0.440 e. The summed E-state index contributed by atoms with van der Waals surface area (Å²) in [5.41, 5.74) is 0. The number of hydrogen-bond acceptors (Lipinski definition) is 3. The summed E-state index contributed by atoms with van der Waals surface area (Å²) in [5.74, 6) is -0.0533. The number of rotatable bonds is 5. The molecule has 0 aliphatic carbocycles. The quantitative estimate of drug-likeness (QED) is 0.768. The number of ether oxygens (including phenoxy) is 1. The Morgan fingerprint density at radius 3 is 2.81 bits per heavy atom. The summed E-state index contributed by atoms with van der Waals surface area (Å²) in [7, 11) is 3.20. The van der Waals surface area contributed by atoms with E-state index in [4.69, 9.17) is 32.4 Å². The van der Waals surface area contributed by atoms with Crippen molar-refractivity contribution in [3.8, 4) is 0 Å². The molecule has 6 heteroatoms. The molecule has 90 valence electrons. The van der Waals surface area contributed by atoms with Gasteiger partial charge >= 0.3 is 0 Å². The molecule has 0 aliphatic heterocycles. The molecule has 1 heterocycles. The van der Waals surface area contributed by atoms with Gasteiger partial charge in [-0.15, -0.1) is 11.6 Å². The van der Waals surface area contributed by atoms with Gasteiger partial charge in [0.25, 0.3) is 5.91 Å². The van der Waals surface area contributed by atoms with Crippen LogP contribution in [0.15, 0.2) is 16.5 Å². The molecule has 0 saturated heterocycles. The predicted octanol–water partition coefficient (Wildman–Crippen LogP) is 2.26. The largest absolute Gasteiger partial charge is 0.440 e. The normalized spacial score (nSPS) is 12.5. The number of carbonyl (C=O) groups is 1. The average molecular weight is 266 g/mol. The van der Waals surface area contributed by atoms with E-state index in [1.54, 1.807) is 14.2 Å². The molecule has 0 saturated carbocycles. The van der Waals surface area contributed by atoms with E-state index in [0.29, 0.717) is 13.2 Å². The summed E-state index contributed by atoms with van der Waals surface area (Å²) < 4.78 is 9.89. The molecule has 0 spiro atoms. The Kier molecular flexibility index (Phi) is 5.12. The molecule has 16 heavy (non-hydrogen) atoms. The van der Waals surface area contributed by atoms with Crippen LogP contribution in [0.4, 0.5) is 0 Å². The SMILES string of the molecule is COCC(Cl)CN(C)C(=O)c1ccc(Cl)o1. The lowest BCUT2D eigenvalue weighted by atomic mass is 10.3. The van der Waals surface area contributed by atoms with Gasteiger partial charge in [-0.3, -0.25) is 4.79 Å². The Morgan fingerprint density at radius 1 is 1.62 bits per heavy atom. The van der Waals surface area contributed by atoms with Crippen molar-refractivity contribution in [3.05, 3.63) is 23.1 Å². The van der Waals surface area contributed by atoms with Gasteiger partial charge in [-0.1, -0.05) is 0 Å². The number of hydrogen-bond donors (Lipinski definition) is 0. The van der Waals surface area contributed by atoms with Crippen molar-refractivity contribution in [3.63, 3.8) is 0 Å². The van der Waals surface area contributed by atoms with E-state index >= 15 is 0 Å². The van der Waals surface area contributed by atoms with Gasteiger partial charge in [0.15, 0.2) is 11.0 Å². The van der Waals surface area contributed by atoms with E-state index in [1.807, 2.05) is 0 Å². The first-order valence-corrected chi connectivity index (χ1v) is 5.50. The van der Waals surface area contributed by atoms with Crippen LogP contribution in [0.25, 0.3) is 0 Å². The molecule has 1 rings (SSSR count). The number of alkyl halides is 1. The van der Waals surface area contributed by atoms with Crippen molar-refractivity contribution in [2.75, 3.05) is 27.3 Å². The second kappa shape index (κ2) is 6.13. The van der Waals surface area contributed by atoms with E-state index < -0.39 is 0 Å². The lowest BCUT2D eigenvalue weighted by Gasteiger charge is -2.18. The van der Waals surface area contributed by atoms with Gasteiger partial charge in [-0.25, -0.2) is 0 Å². The molecule has 1 aromatic rings. The van der Waals surface area contributed by atoms with Crippen LogP contribution in [0, 0.1) is 0 Å². The lowest BCUT2D eigenvalue weighted by molar-refractivity contribution is 0.0750. The molecular weight excluding hydrogens is 253 g/mol. The number of carbonyl (C=O) groups excluding carboxylic acids is 1. The molecule has 0 N–H and O–H groups in total.